The van der Waals surface area contributed by atoms with E-state index in [9.17, 15) is 4.79 Å². The highest BCUT2D eigenvalue weighted by atomic mass is 16.1. The van der Waals surface area contributed by atoms with Gasteiger partial charge in [0.05, 0.1) is 0 Å². The van der Waals surface area contributed by atoms with Crippen LogP contribution >= 0.6 is 0 Å². The molecule has 1 heteroatoms. The van der Waals surface area contributed by atoms with Crippen molar-refractivity contribution < 1.29 is 4.79 Å². The zero-order valence-corrected chi connectivity index (χ0v) is 9.68. The number of Topliss-reactive ketones (excluding diaryl/α,β-unsaturated/α-hetero) is 1. The topological polar surface area (TPSA) is 17.1 Å². The summed E-state index contributed by atoms with van der Waals surface area (Å²) in [7, 11) is 0. The Bertz CT molecular complexity index is 236. The van der Waals surface area contributed by atoms with Crippen molar-refractivity contribution in [1.29, 1.82) is 0 Å². The molecule has 0 radical (unpaired) electrons. The summed E-state index contributed by atoms with van der Waals surface area (Å²) in [5, 5.41) is 0. The SMILES string of the molecule is CC(C)(C)CC(=O)C1CC2CCC1C2. The molecule has 0 amide bonds. The fraction of sp³-hybridized carbons (Fsp3) is 0.923. The lowest BCUT2D eigenvalue weighted by atomic mass is 9.79. The Hall–Kier alpha value is -0.330. The van der Waals surface area contributed by atoms with Crippen LogP contribution in [0.5, 0.6) is 0 Å². The summed E-state index contributed by atoms with van der Waals surface area (Å²) in [5.74, 6) is 2.64. The number of hydrogen-bond acceptors (Lipinski definition) is 1. The third-order valence-corrected chi connectivity index (χ3v) is 3.86. The minimum absolute atomic E-state index is 0.179. The van der Waals surface area contributed by atoms with Crippen molar-refractivity contribution in [3.05, 3.63) is 0 Å². The molecule has 2 aliphatic carbocycles. The standard InChI is InChI=1S/C13H22O/c1-13(2,3)8-12(14)11-7-9-4-5-10(11)6-9/h9-11H,4-8H2,1-3H3. The maximum atomic E-state index is 12.1. The van der Waals surface area contributed by atoms with Gasteiger partial charge in [0.25, 0.3) is 0 Å². The van der Waals surface area contributed by atoms with Crippen LogP contribution in [0.15, 0.2) is 0 Å². The van der Waals surface area contributed by atoms with Gasteiger partial charge in [0.1, 0.15) is 5.78 Å². The number of ketones is 1. The Labute approximate surface area is 87.3 Å². The molecule has 0 heterocycles. The molecule has 2 rings (SSSR count). The van der Waals surface area contributed by atoms with Crippen LogP contribution in [0.1, 0.15) is 52.9 Å². The number of hydrogen-bond donors (Lipinski definition) is 0. The minimum atomic E-state index is 0.179. The fourth-order valence-corrected chi connectivity index (χ4v) is 3.29. The van der Waals surface area contributed by atoms with Crippen LogP contribution in [-0.4, -0.2) is 5.78 Å². The predicted octanol–water partition coefficient (Wildman–Crippen LogP) is 3.43. The molecule has 14 heavy (non-hydrogen) atoms. The van der Waals surface area contributed by atoms with Gasteiger partial charge in [0, 0.05) is 12.3 Å². The highest BCUT2D eigenvalue weighted by Gasteiger charge is 2.43. The van der Waals surface area contributed by atoms with Crippen molar-refractivity contribution in [2.45, 2.75) is 52.9 Å². The second-order valence-corrected chi connectivity index (χ2v) is 6.49. The second-order valence-electron chi connectivity index (χ2n) is 6.49. The number of rotatable bonds is 2. The van der Waals surface area contributed by atoms with Gasteiger partial charge in [-0.2, -0.15) is 0 Å². The molecule has 2 saturated carbocycles. The number of carbonyl (C=O) groups is 1. The zero-order chi connectivity index (χ0) is 10.3. The lowest BCUT2D eigenvalue weighted by molar-refractivity contribution is -0.126. The lowest BCUT2D eigenvalue weighted by Crippen LogP contribution is -2.25. The molecular weight excluding hydrogens is 172 g/mol. The minimum Gasteiger partial charge on any atom is -0.299 e. The van der Waals surface area contributed by atoms with Gasteiger partial charge in [-0.05, 0) is 36.5 Å². The van der Waals surface area contributed by atoms with Gasteiger partial charge in [-0.25, -0.2) is 0 Å². The van der Waals surface area contributed by atoms with E-state index in [0.29, 0.717) is 11.7 Å². The van der Waals surface area contributed by atoms with Crippen LogP contribution in [-0.2, 0) is 4.79 Å². The van der Waals surface area contributed by atoms with Crippen molar-refractivity contribution in [2.24, 2.45) is 23.2 Å². The first-order valence-electron chi connectivity index (χ1n) is 5.98. The summed E-state index contributed by atoms with van der Waals surface area (Å²) < 4.78 is 0. The third kappa shape index (κ3) is 2.02. The van der Waals surface area contributed by atoms with Gasteiger partial charge < -0.3 is 0 Å². The highest BCUT2D eigenvalue weighted by Crippen LogP contribution is 2.49. The Kier molecular flexibility index (Phi) is 2.45. The normalized spacial score (nSPS) is 36.4. The van der Waals surface area contributed by atoms with E-state index in [1.165, 1.54) is 25.7 Å². The van der Waals surface area contributed by atoms with Gasteiger partial charge in [-0.3, -0.25) is 4.79 Å². The molecule has 0 N–H and O–H groups in total. The van der Waals surface area contributed by atoms with Crippen LogP contribution < -0.4 is 0 Å². The monoisotopic (exact) mass is 194 g/mol. The molecule has 0 spiro atoms. The van der Waals surface area contributed by atoms with E-state index in [-0.39, 0.29) is 5.41 Å². The summed E-state index contributed by atoms with van der Waals surface area (Å²) in [6, 6.07) is 0. The van der Waals surface area contributed by atoms with Gasteiger partial charge in [-0.1, -0.05) is 27.2 Å². The van der Waals surface area contributed by atoms with E-state index in [1.807, 2.05) is 0 Å². The first-order chi connectivity index (χ1) is 6.46. The van der Waals surface area contributed by atoms with Gasteiger partial charge in [0.2, 0.25) is 0 Å². The average Bonchev–Trinajstić information content (AvgIpc) is 2.59. The van der Waals surface area contributed by atoms with Crippen LogP contribution in [0, 0.1) is 23.2 Å². The van der Waals surface area contributed by atoms with Gasteiger partial charge in [0.15, 0.2) is 0 Å². The summed E-state index contributed by atoms with van der Waals surface area (Å²) in [4.78, 5) is 12.1. The van der Waals surface area contributed by atoms with E-state index in [1.54, 1.807) is 0 Å². The molecule has 0 aliphatic heterocycles. The highest BCUT2D eigenvalue weighted by molar-refractivity contribution is 5.82. The molecule has 3 unspecified atom stereocenters. The van der Waals surface area contributed by atoms with Gasteiger partial charge in [-0.15, -0.1) is 0 Å². The molecule has 2 aliphatic rings. The summed E-state index contributed by atoms with van der Waals surface area (Å²) in [5.41, 5.74) is 0.179. The van der Waals surface area contributed by atoms with Crippen LogP contribution in [0.4, 0.5) is 0 Å². The average molecular weight is 194 g/mol. The molecule has 0 saturated heterocycles. The number of carbonyl (C=O) groups excluding carboxylic acids is 1. The Morgan fingerprint density at radius 2 is 1.93 bits per heavy atom. The van der Waals surface area contributed by atoms with E-state index in [0.717, 1.165) is 18.3 Å². The molecule has 0 aromatic carbocycles. The largest absolute Gasteiger partial charge is 0.299 e. The Morgan fingerprint density at radius 1 is 1.21 bits per heavy atom. The summed E-state index contributed by atoms with van der Waals surface area (Å²) >= 11 is 0. The Balaban J connectivity index is 1.93. The van der Waals surface area contributed by atoms with Crippen molar-refractivity contribution >= 4 is 5.78 Å². The third-order valence-electron chi connectivity index (χ3n) is 3.86. The maximum Gasteiger partial charge on any atom is 0.136 e. The van der Waals surface area contributed by atoms with E-state index in [4.69, 9.17) is 0 Å². The summed E-state index contributed by atoms with van der Waals surface area (Å²) in [6.07, 6.45) is 6.05. The quantitative estimate of drug-likeness (QED) is 0.658. The van der Waals surface area contributed by atoms with Crippen LogP contribution in [0.25, 0.3) is 0 Å². The smallest absolute Gasteiger partial charge is 0.136 e. The Morgan fingerprint density at radius 3 is 2.36 bits per heavy atom. The molecule has 2 fully saturated rings. The van der Waals surface area contributed by atoms with Gasteiger partial charge >= 0.3 is 0 Å². The van der Waals surface area contributed by atoms with Crippen molar-refractivity contribution in [1.82, 2.24) is 0 Å². The van der Waals surface area contributed by atoms with Crippen LogP contribution in [0.2, 0.25) is 0 Å². The first-order valence-corrected chi connectivity index (χ1v) is 5.98. The van der Waals surface area contributed by atoms with Crippen molar-refractivity contribution in [2.75, 3.05) is 0 Å². The molecule has 3 atom stereocenters. The van der Waals surface area contributed by atoms with Crippen molar-refractivity contribution in [3.8, 4) is 0 Å². The predicted molar refractivity (Wildman–Crippen MR) is 58.0 cm³/mol. The lowest BCUT2D eigenvalue weighted by Gasteiger charge is -2.24. The molecule has 80 valence electrons. The molecular formula is C13H22O. The second kappa shape index (κ2) is 3.36. The summed E-state index contributed by atoms with van der Waals surface area (Å²) in [6.45, 7) is 6.49. The van der Waals surface area contributed by atoms with Crippen LogP contribution in [0.3, 0.4) is 0 Å². The van der Waals surface area contributed by atoms with E-state index < -0.39 is 0 Å². The zero-order valence-electron chi connectivity index (χ0n) is 9.68. The van der Waals surface area contributed by atoms with E-state index in [2.05, 4.69) is 20.8 Å². The molecule has 2 bridgehead atoms. The fourth-order valence-electron chi connectivity index (χ4n) is 3.29. The molecule has 0 aromatic heterocycles. The first kappa shape index (κ1) is 10.2. The maximum absolute atomic E-state index is 12.1. The number of fused-ring (bicyclic) bond motifs is 2. The molecule has 0 aromatic rings. The van der Waals surface area contributed by atoms with E-state index >= 15 is 0 Å². The van der Waals surface area contributed by atoms with Crippen molar-refractivity contribution in [3.63, 3.8) is 0 Å². The molecule has 1 nitrogen and oxygen atoms in total.